The second kappa shape index (κ2) is 10.5. The van der Waals surface area contributed by atoms with Gasteiger partial charge in [0.15, 0.2) is 0 Å². The van der Waals surface area contributed by atoms with Crippen molar-refractivity contribution in [2.75, 3.05) is 6.54 Å². The molecule has 4 N–H and O–H groups in total. The summed E-state index contributed by atoms with van der Waals surface area (Å²) in [6.07, 6.45) is 16.4. The molecule has 0 spiro atoms. The molecule has 168 valence electrons. The van der Waals surface area contributed by atoms with Gasteiger partial charge in [0.25, 0.3) is 0 Å². The molecule has 2 aliphatic heterocycles. The van der Waals surface area contributed by atoms with Crippen LogP contribution < -0.4 is 10.6 Å². The fourth-order valence-electron chi connectivity index (χ4n) is 5.05. The van der Waals surface area contributed by atoms with E-state index < -0.39 is 11.9 Å². The van der Waals surface area contributed by atoms with Gasteiger partial charge in [-0.2, -0.15) is 0 Å². The predicted molar refractivity (Wildman–Crippen MR) is 121 cm³/mol. The molecule has 31 heavy (non-hydrogen) atoms. The molecule has 0 amide bonds. The molecule has 0 saturated carbocycles. The predicted octanol–water partition coefficient (Wildman–Crippen LogP) is 4.44. The maximum atomic E-state index is 9.55. The monoisotopic (exact) mass is 426 g/mol. The number of unbranched alkanes of at least 4 members (excludes halogenated alkanes) is 3. The Morgan fingerprint density at radius 1 is 1.16 bits per heavy atom. The number of rotatable bonds is 7. The lowest BCUT2D eigenvalue weighted by molar-refractivity contribution is -0.134. The van der Waals surface area contributed by atoms with Crippen LogP contribution in [0.5, 0.6) is 0 Å². The van der Waals surface area contributed by atoms with E-state index in [9.17, 15) is 9.59 Å². The van der Waals surface area contributed by atoms with Gasteiger partial charge in [-0.25, -0.2) is 9.59 Å². The second-order valence-electron chi connectivity index (χ2n) is 8.65. The molecule has 4 aliphatic rings. The van der Waals surface area contributed by atoms with E-state index in [1.54, 1.807) is 22.3 Å². The SMILES string of the molecule is CCCCCCC1NC(C)=CC2=C1CC1CNC3=CCCC2=C31.O=C(O)/C=C\C(=O)O. The van der Waals surface area contributed by atoms with Gasteiger partial charge in [-0.3, -0.25) is 0 Å². The van der Waals surface area contributed by atoms with E-state index in [-0.39, 0.29) is 0 Å². The molecular weight excluding hydrogens is 392 g/mol. The van der Waals surface area contributed by atoms with Gasteiger partial charge in [-0.15, -0.1) is 0 Å². The van der Waals surface area contributed by atoms with Gasteiger partial charge < -0.3 is 20.8 Å². The number of carboxylic acid groups (broad SMARTS) is 2. The number of carbonyl (C=O) groups is 2. The molecule has 2 atom stereocenters. The van der Waals surface area contributed by atoms with Gasteiger partial charge >= 0.3 is 11.9 Å². The largest absolute Gasteiger partial charge is 0.478 e. The Labute approximate surface area is 184 Å². The van der Waals surface area contributed by atoms with Gasteiger partial charge in [-0.05, 0) is 61.0 Å². The molecule has 0 bridgehead atoms. The Morgan fingerprint density at radius 3 is 2.58 bits per heavy atom. The van der Waals surface area contributed by atoms with E-state index in [2.05, 4.69) is 36.6 Å². The molecule has 0 aromatic carbocycles. The van der Waals surface area contributed by atoms with Gasteiger partial charge in [-0.1, -0.05) is 38.7 Å². The lowest BCUT2D eigenvalue weighted by Crippen LogP contribution is -2.36. The van der Waals surface area contributed by atoms with Crippen molar-refractivity contribution in [3.63, 3.8) is 0 Å². The number of nitrogens with one attached hydrogen (secondary N) is 2. The number of allylic oxidation sites excluding steroid dienone is 6. The third-order valence-corrected chi connectivity index (χ3v) is 6.34. The zero-order chi connectivity index (χ0) is 22.4. The molecule has 2 unspecified atom stereocenters. The van der Waals surface area contributed by atoms with Crippen molar-refractivity contribution in [2.24, 2.45) is 5.92 Å². The molecular formula is C25H34N2O4. The van der Waals surface area contributed by atoms with Crippen LogP contribution in [-0.2, 0) is 9.59 Å². The summed E-state index contributed by atoms with van der Waals surface area (Å²) < 4.78 is 0. The fraction of sp³-hybridized carbons (Fsp3) is 0.520. The molecule has 2 heterocycles. The minimum absolute atomic E-state index is 0.558. The van der Waals surface area contributed by atoms with Crippen LogP contribution in [0.3, 0.4) is 0 Å². The number of hydrogen-bond acceptors (Lipinski definition) is 4. The van der Waals surface area contributed by atoms with Crippen molar-refractivity contribution >= 4 is 11.9 Å². The molecule has 1 fully saturated rings. The molecule has 0 radical (unpaired) electrons. The molecule has 2 aliphatic carbocycles. The average molecular weight is 427 g/mol. The van der Waals surface area contributed by atoms with Crippen molar-refractivity contribution in [3.8, 4) is 0 Å². The maximum absolute atomic E-state index is 9.55. The van der Waals surface area contributed by atoms with Gasteiger partial charge in [0.1, 0.15) is 0 Å². The normalized spacial score (nSPS) is 23.7. The first-order chi connectivity index (χ1) is 14.9. The summed E-state index contributed by atoms with van der Waals surface area (Å²) in [4.78, 5) is 19.1. The summed E-state index contributed by atoms with van der Waals surface area (Å²) >= 11 is 0. The van der Waals surface area contributed by atoms with Crippen LogP contribution in [0.1, 0.15) is 65.2 Å². The highest BCUT2D eigenvalue weighted by atomic mass is 16.4. The zero-order valence-corrected chi connectivity index (χ0v) is 18.5. The van der Waals surface area contributed by atoms with Gasteiger partial charge in [0.2, 0.25) is 0 Å². The Kier molecular flexibility index (Phi) is 7.77. The van der Waals surface area contributed by atoms with Crippen LogP contribution in [0, 0.1) is 5.92 Å². The van der Waals surface area contributed by atoms with Crippen molar-refractivity contribution in [3.05, 3.63) is 58.0 Å². The number of fused-ring (bicyclic) bond motifs is 1. The summed E-state index contributed by atoms with van der Waals surface area (Å²) in [7, 11) is 0. The molecule has 0 aromatic heterocycles. The first kappa shape index (κ1) is 22.9. The van der Waals surface area contributed by atoms with E-state index in [1.807, 2.05) is 0 Å². The van der Waals surface area contributed by atoms with Crippen molar-refractivity contribution in [2.45, 2.75) is 71.3 Å². The summed E-state index contributed by atoms with van der Waals surface area (Å²) in [5.74, 6) is -1.79. The first-order valence-corrected chi connectivity index (χ1v) is 11.4. The Hall–Kier alpha value is -2.76. The van der Waals surface area contributed by atoms with E-state index in [0.717, 1.165) is 12.5 Å². The average Bonchev–Trinajstić information content (AvgIpc) is 3.15. The van der Waals surface area contributed by atoms with E-state index in [0.29, 0.717) is 18.2 Å². The van der Waals surface area contributed by atoms with E-state index in [4.69, 9.17) is 10.2 Å². The van der Waals surface area contributed by atoms with Crippen molar-refractivity contribution < 1.29 is 19.8 Å². The molecule has 0 aromatic rings. The summed E-state index contributed by atoms with van der Waals surface area (Å²) in [6.45, 7) is 5.68. The lowest BCUT2D eigenvalue weighted by Gasteiger charge is -2.37. The number of dihydropyridines is 1. The van der Waals surface area contributed by atoms with Crippen LogP contribution in [0.15, 0.2) is 58.0 Å². The Balaban J connectivity index is 0.000000293. The quantitative estimate of drug-likeness (QED) is 0.355. The minimum Gasteiger partial charge on any atom is -0.478 e. The van der Waals surface area contributed by atoms with Crippen molar-refractivity contribution in [1.29, 1.82) is 0 Å². The molecule has 6 heteroatoms. The highest BCUT2D eigenvalue weighted by molar-refractivity contribution is 5.89. The summed E-state index contributed by atoms with van der Waals surface area (Å²) in [6, 6.07) is 0.580. The topological polar surface area (TPSA) is 98.7 Å². The van der Waals surface area contributed by atoms with Gasteiger partial charge in [0.05, 0.1) is 0 Å². The number of hydrogen-bond donors (Lipinski definition) is 4. The number of aliphatic carboxylic acids is 2. The highest BCUT2D eigenvalue weighted by Crippen LogP contribution is 2.47. The van der Waals surface area contributed by atoms with Crippen LogP contribution in [0.2, 0.25) is 0 Å². The smallest absolute Gasteiger partial charge is 0.328 e. The standard InChI is InChI=1S/C21H30N2.C4H4O4/c1-3-4-5-6-9-19-18-12-15-13-22-20-10-7-8-16(21(15)20)17(18)11-14(2)23-19;5-3(6)1-2-4(7)8/h10-11,15,19,22-23H,3-9,12-13H2,1-2H3;1-2H,(H,5,6)(H,7,8)/b;2-1-. The fourth-order valence-corrected chi connectivity index (χ4v) is 5.05. The van der Waals surface area contributed by atoms with Crippen LogP contribution in [0.4, 0.5) is 0 Å². The third-order valence-electron chi connectivity index (χ3n) is 6.34. The summed E-state index contributed by atoms with van der Waals surface area (Å²) in [5.41, 5.74) is 9.44. The van der Waals surface area contributed by atoms with E-state index in [1.165, 1.54) is 62.8 Å². The van der Waals surface area contributed by atoms with Crippen molar-refractivity contribution in [1.82, 2.24) is 10.6 Å². The number of carboxylic acids is 2. The zero-order valence-electron chi connectivity index (χ0n) is 18.5. The highest BCUT2D eigenvalue weighted by Gasteiger charge is 2.38. The second-order valence-corrected chi connectivity index (χ2v) is 8.65. The first-order valence-electron chi connectivity index (χ1n) is 11.4. The third kappa shape index (κ3) is 5.69. The lowest BCUT2D eigenvalue weighted by atomic mass is 9.72. The maximum Gasteiger partial charge on any atom is 0.328 e. The molecule has 6 nitrogen and oxygen atoms in total. The Bertz CT molecular complexity index is 860. The van der Waals surface area contributed by atoms with Crippen LogP contribution >= 0.6 is 0 Å². The molecule has 4 rings (SSSR count). The summed E-state index contributed by atoms with van der Waals surface area (Å²) in [5, 5.41) is 23.1. The molecule has 1 saturated heterocycles. The Morgan fingerprint density at radius 2 is 1.90 bits per heavy atom. The van der Waals surface area contributed by atoms with Crippen LogP contribution in [-0.4, -0.2) is 34.7 Å². The minimum atomic E-state index is -1.26. The van der Waals surface area contributed by atoms with E-state index >= 15 is 0 Å². The van der Waals surface area contributed by atoms with Crippen LogP contribution in [0.25, 0.3) is 0 Å². The van der Waals surface area contributed by atoms with Gasteiger partial charge in [0, 0.05) is 42.1 Å².